The van der Waals surface area contributed by atoms with Gasteiger partial charge in [0.1, 0.15) is 6.04 Å². The van der Waals surface area contributed by atoms with Gasteiger partial charge in [-0.1, -0.05) is 30.7 Å². The Morgan fingerprint density at radius 1 is 1.00 bits per heavy atom. The van der Waals surface area contributed by atoms with Crippen molar-refractivity contribution < 1.29 is 13.2 Å². The van der Waals surface area contributed by atoms with E-state index in [0.717, 1.165) is 28.6 Å². The van der Waals surface area contributed by atoms with Crippen molar-refractivity contribution in [3.8, 4) is 0 Å². The Labute approximate surface area is 196 Å². The van der Waals surface area contributed by atoms with Gasteiger partial charge in [0.05, 0.1) is 11.9 Å². The van der Waals surface area contributed by atoms with E-state index in [2.05, 4.69) is 4.90 Å². The number of hydrogen-bond acceptors (Lipinski definition) is 4. The summed E-state index contributed by atoms with van der Waals surface area (Å²) in [4.78, 5) is 17.5. The fraction of sp³-hybridized carbons (Fsp3) is 0.458. The summed E-state index contributed by atoms with van der Waals surface area (Å²) in [5.74, 6) is -0.154. The van der Waals surface area contributed by atoms with Crippen LogP contribution in [0.5, 0.6) is 0 Å². The van der Waals surface area contributed by atoms with Gasteiger partial charge in [0.2, 0.25) is 15.9 Å². The summed E-state index contributed by atoms with van der Waals surface area (Å²) in [6, 6.07) is 10.6. The molecule has 0 radical (unpaired) electrons. The van der Waals surface area contributed by atoms with Crippen molar-refractivity contribution in [1.29, 1.82) is 0 Å². The lowest BCUT2D eigenvalue weighted by molar-refractivity contribution is -0.132. The third kappa shape index (κ3) is 5.21. The van der Waals surface area contributed by atoms with Gasteiger partial charge < -0.3 is 9.80 Å². The monoisotopic (exact) mass is 477 g/mol. The van der Waals surface area contributed by atoms with E-state index < -0.39 is 16.1 Å². The van der Waals surface area contributed by atoms with E-state index in [1.54, 1.807) is 11.0 Å². The van der Waals surface area contributed by atoms with Crippen LogP contribution in [0.15, 0.2) is 36.4 Å². The maximum Gasteiger partial charge on any atom is 0.246 e. The average molecular weight is 478 g/mol. The normalized spacial score (nSPS) is 15.6. The third-order valence-corrected chi connectivity index (χ3v) is 7.58. The second kappa shape index (κ2) is 9.71. The maximum atomic E-state index is 13.5. The molecule has 0 N–H and O–H groups in total. The van der Waals surface area contributed by atoms with Gasteiger partial charge in [0.25, 0.3) is 0 Å². The number of rotatable bonds is 6. The second-order valence-electron chi connectivity index (χ2n) is 8.49. The fourth-order valence-electron chi connectivity index (χ4n) is 4.21. The first-order valence-corrected chi connectivity index (χ1v) is 13.1. The van der Waals surface area contributed by atoms with Crippen LogP contribution in [-0.4, -0.2) is 57.7 Å². The number of amides is 1. The van der Waals surface area contributed by atoms with E-state index in [-0.39, 0.29) is 5.91 Å². The van der Waals surface area contributed by atoms with Crippen LogP contribution in [0.2, 0.25) is 5.02 Å². The Kier molecular flexibility index (Phi) is 7.40. The SMILES string of the molecule is CC[C@@H](C(=O)N1CCN(c2cc(Cl)ccc2C)CC1)N(c1ccc(C)c(C)c1)S(C)(=O)=O. The van der Waals surface area contributed by atoms with E-state index in [4.69, 9.17) is 11.6 Å². The zero-order valence-corrected chi connectivity index (χ0v) is 21.0. The predicted octanol–water partition coefficient (Wildman–Crippen LogP) is 4.16. The summed E-state index contributed by atoms with van der Waals surface area (Å²) in [6.45, 7) is 10.2. The minimum Gasteiger partial charge on any atom is -0.368 e. The van der Waals surface area contributed by atoms with Gasteiger partial charge in [-0.15, -0.1) is 0 Å². The molecule has 1 saturated heterocycles. The Morgan fingerprint density at radius 3 is 2.19 bits per heavy atom. The maximum absolute atomic E-state index is 13.5. The number of carbonyl (C=O) groups is 1. The summed E-state index contributed by atoms with van der Waals surface area (Å²) < 4.78 is 26.8. The summed E-state index contributed by atoms with van der Waals surface area (Å²) in [6.07, 6.45) is 1.56. The predicted molar refractivity (Wildman–Crippen MR) is 132 cm³/mol. The zero-order chi connectivity index (χ0) is 23.6. The lowest BCUT2D eigenvalue weighted by Crippen LogP contribution is -2.56. The lowest BCUT2D eigenvalue weighted by Gasteiger charge is -2.40. The van der Waals surface area contributed by atoms with Gasteiger partial charge in [-0.25, -0.2) is 8.42 Å². The zero-order valence-electron chi connectivity index (χ0n) is 19.4. The number of aryl methyl sites for hydroxylation is 3. The minimum absolute atomic E-state index is 0.154. The van der Waals surface area contributed by atoms with E-state index >= 15 is 0 Å². The number of hydrogen-bond donors (Lipinski definition) is 0. The first kappa shape index (κ1) is 24.4. The summed E-state index contributed by atoms with van der Waals surface area (Å²) in [5.41, 5.74) is 4.81. The molecule has 0 aromatic heterocycles. The molecule has 0 aliphatic carbocycles. The number of anilines is 2. The smallest absolute Gasteiger partial charge is 0.246 e. The molecule has 1 fully saturated rings. The minimum atomic E-state index is -3.65. The van der Waals surface area contributed by atoms with E-state index in [9.17, 15) is 13.2 Å². The number of piperazine rings is 1. The molecule has 0 unspecified atom stereocenters. The van der Waals surface area contributed by atoms with Crippen LogP contribution in [0.4, 0.5) is 11.4 Å². The molecule has 1 aliphatic rings. The number of halogens is 1. The molecule has 32 heavy (non-hydrogen) atoms. The van der Waals surface area contributed by atoms with Crippen LogP contribution in [0.25, 0.3) is 0 Å². The highest BCUT2D eigenvalue weighted by Crippen LogP contribution is 2.28. The van der Waals surface area contributed by atoms with Crippen molar-refractivity contribution in [2.24, 2.45) is 0 Å². The van der Waals surface area contributed by atoms with Gasteiger partial charge in [-0.3, -0.25) is 9.10 Å². The van der Waals surface area contributed by atoms with Crippen molar-refractivity contribution in [1.82, 2.24) is 4.90 Å². The van der Waals surface area contributed by atoms with E-state index in [1.165, 1.54) is 4.31 Å². The molecule has 6 nitrogen and oxygen atoms in total. The van der Waals surface area contributed by atoms with Crippen molar-refractivity contribution >= 4 is 38.9 Å². The first-order chi connectivity index (χ1) is 15.0. The van der Waals surface area contributed by atoms with E-state index in [1.807, 2.05) is 58.0 Å². The summed E-state index contributed by atoms with van der Waals surface area (Å²) in [7, 11) is -3.65. The average Bonchev–Trinajstić information content (AvgIpc) is 2.74. The molecule has 1 amide bonds. The Morgan fingerprint density at radius 2 is 1.62 bits per heavy atom. The Hall–Kier alpha value is -2.25. The van der Waals surface area contributed by atoms with Crippen LogP contribution in [0.1, 0.15) is 30.0 Å². The quantitative estimate of drug-likeness (QED) is 0.626. The van der Waals surface area contributed by atoms with Crippen LogP contribution in [-0.2, 0) is 14.8 Å². The van der Waals surface area contributed by atoms with Gasteiger partial charge in [0.15, 0.2) is 0 Å². The van der Waals surface area contributed by atoms with E-state index in [0.29, 0.717) is 43.3 Å². The second-order valence-corrected chi connectivity index (χ2v) is 10.8. The highest BCUT2D eigenvalue weighted by Gasteiger charge is 2.35. The molecule has 0 bridgehead atoms. The van der Waals surface area contributed by atoms with Crippen molar-refractivity contribution in [3.63, 3.8) is 0 Å². The molecule has 8 heteroatoms. The molecule has 1 aliphatic heterocycles. The topological polar surface area (TPSA) is 60.9 Å². The Bertz CT molecular complexity index is 1100. The molecule has 0 saturated carbocycles. The highest BCUT2D eigenvalue weighted by molar-refractivity contribution is 7.92. The van der Waals surface area contributed by atoms with Crippen molar-refractivity contribution in [3.05, 3.63) is 58.1 Å². The number of nitrogens with zero attached hydrogens (tertiary/aromatic N) is 3. The third-order valence-electron chi connectivity index (χ3n) is 6.16. The van der Waals surface area contributed by atoms with Crippen LogP contribution in [0, 0.1) is 20.8 Å². The van der Waals surface area contributed by atoms with Crippen LogP contribution >= 0.6 is 11.6 Å². The van der Waals surface area contributed by atoms with Crippen LogP contribution < -0.4 is 9.21 Å². The largest absolute Gasteiger partial charge is 0.368 e. The molecule has 2 aromatic rings. The first-order valence-electron chi connectivity index (χ1n) is 10.9. The molecule has 3 rings (SSSR count). The fourth-order valence-corrected chi connectivity index (χ4v) is 5.57. The number of carbonyl (C=O) groups excluding carboxylic acids is 1. The summed E-state index contributed by atoms with van der Waals surface area (Å²) in [5, 5.41) is 0.687. The number of sulfonamides is 1. The Balaban J connectivity index is 1.81. The molecule has 2 aromatic carbocycles. The molecule has 0 spiro atoms. The molecule has 1 atom stereocenters. The van der Waals surface area contributed by atoms with Crippen molar-refractivity contribution in [2.45, 2.75) is 40.2 Å². The van der Waals surface area contributed by atoms with Gasteiger partial charge >= 0.3 is 0 Å². The van der Waals surface area contributed by atoms with Gasteiger partial charge in [0, 0.05) is 36.9 Å². The van der Waals surface area contributed by atoms with Gasteiger partial charge in [-0.05, 0) is 68.1 Å². The lowest BCUT2D eigenvalue weighted by atomic mass is 10.1. The summed E-state index contributed by atoms with van der Waals surface area (Å²) >= 11 is 6.18. The van der Waals surface area contributed by atoms with Gasteiger partial charge in [-0.2, -0.15) is 0 Å². The van der Waals surface area contributed by atoms with Crippen LogP contribution in [0.3, 0.4) is 0 Å². The highest BCUT2D eigenvalue weighted by atomic mass is 35.5. The molecular formula is C24H32ClN3O3S. The standard InChI is InChI=1S/C24H32ClN3O3S/c1-6-22(28(32(5,30)31)21-10-8-17(2)19(4)15-21)24(29)27-13-11-26(12-14-27)23-16-20(25)9-7-18(23)3/h7-10,15-16,22H,6,11-14H2,1-5H3/t22-/m0/s1. The van der Waals surface area contributed by atoms with Crippen molar-refractivity contribution in [2.75, 3.05) is 41.6 Å². The number of benzene rings is 2. The molecular weight excluding hydrogens is 446 g/mol. The molecule has 1 heterocycles. The molecule has 174 valence electrons.